The number of likely N-dealkylation sites (tertiary alicyclic amines) is 2. The zero-order valence-electron chi connectivity index (χ0n) is 16.0. The summed E-state index contributed by atoms with van der Waals surface area (Å²) in [5, 5.41) is 0. The van der Waals surface area contributed by atoms with Crippen molar-refractivity contribution in [1.82, 2.24) is 9.80 Å². The Kier molecular flexibility index (Phi) is 5.32. The molecule has 0 saturated carbocycles. The van der Waals surface area contributed by atoms with Crippen LogP contribution in [-0.4, -0.2) is 61.1 Å². The van der Waals surface area contributed by atoms with Gasteiger partial charge in [-0.05, 0) is 62.1 Å². The molecule has 0 radical (unpaired) electrons. The fraction of sp³-hybridized carbons (Fsp3) is 0.682. The Morgan fingerprint density at radius 2 is 1.96 bits per heavy atom. The van der Waals surface area contributed by atoms with Crippen LogP contribution in [-0.2, 0) is 4.74 Å². The fourth-order valence-corrected chi connectivity index (χ4v) is 5.05. The summed E-state index contributed by atoms with van der Waals surface area (Å²) in [7, 11) is 0. The number of amides is 1. The summed E-state index contributed by atoms with van der Waals surface area (Å²) >= 11 is 0. The molecule has 4 heteroatoms. The number of carbonyl (C=O) groups is 1. The van der Waals surface area contributed by atoms with E-state index in [-0.39, 0.29) is 5.91 Å². The molecule has 26 heavy (non-hydrogen) atoms. The summed E-state index contributed by atoms with van der Waals surface area (Å²) in [5.74, 6) is 1.00. The smallest absolute Gasteiger partial charge is 0.253 e. The van der Waals surface area contributed by atoms with E-state index in [1.165, 1.54) is 32.4 Å². The van der Waals surface area contributed by atoms with Crippen LogP contribution in [0.3, 0.4) is 0 Å². The summed E-state index contributed by atoms with van der Waals surface area (Å²) in [6, 6.07) is 9.67. The molecule has 0 aromatic heterocycles. The highest BCUT2D eigenvalue weighted by atomic mass is 16.5. The van der Waals surface area contributed by atoms with E-state index in [9.17, 15) is 4.79 Å². The lowest BCUT2D eigenvalue weighted by Crippen LogP contribution is -2.44. The average Bonchev–Trinajstić information content (AvgIpc) is 3.04. The van der Waals surface area contributed by atoms with Gasteiger partial charge in [0.2, 0.25) is 0 Å². The van der Waals surface area contributed by atoms with Crippen LogP contribution in [0.5, 0.6) is 0 Å². The second-order valence-corrected chi connectivity index (χ2v) is 8.80. The number of nitrogens with zero attached hydrogens (tertiary/aromatic N) is 2. The van der Waals surface area contributed by atoms with Gasteiger partial charge in [-0.25, -0.2) is 0 Å². The monoisotopic (exact) mass is 356 g/mol. The zero-order chi connectivity index (χ0) is 18.0. The molecule has 1 spiro atoms. The highest BCUT2D eigenvalue weighted by Gasteiger charge is 2.43. The molecule has 4 rings (SSSR count). The van der Waals surface area contributed by atoms with Gasteiger partial charge >= 0.3 is 0 Å². The molecule has 1 aromatic carbocycles. The Bertz CT molecular complexity index is 610. The molecule has 142 valence electrons. The topological polar surface area (TPSA) is 32.8 Å². The van der Waals surface area contributed by atoms with Crippen molar-refractivity contribution in [2.24, 2.45) is 11.3 Å². The van der Waals surface area contributed by atoms with E-state index in [1.54, 1.807) is 0 Å². The highest BCUT2D eigenvalue weighted by Crippen LogP contribution is 2.42. The lowest BCUT2D eigenvalue weighted by Gasteiger charge is -2.38. The Morgan fingerprint density at radius 3 is 2.69 bits per heavy atom. The average molecular weight is 357 g/mol. The van der Waals surface area contributed by atoms with Crippen LogP contribution in [0.25, 0.3) is 0 Å². The second kappa shape index (κ2) is 7.69. The SMILES string of the molecule is C[C@H]1CCCN(C[C@H]2CC3(CCN(C(=O)c4ccccc4)CC3)CO2)C1. The van der Waals surface area contributed by atoms with Crippen LogP contribution in [0.1, 0.15) is 49.4 Å². The Labute approximate surface area is 157 Å². The molecule has 0 bridgehead atoms. The summed E-state index contributed by atoms with van der Waals surface area (Å²) < 4.78 is 6.22. The van der Waals surface area contributed by atoms with Crippen molar-refractivity contribution >= 4 is 5.91 Å². The van der Waals surface area contributed by atoms with Gasteiger partial charge in [0.25, 0.3) is 5.91 Å². The number of hydrogen-bond donors (Lipinski definition) is 0. The van der Waals surface area contributed by atoms with Gasteiger partial charge in [0.15, 0.2) is 0 Å². The fourth-order valence-electron chi connectivity index (χ4n) is 5.05. The minimum Gasteiger partial charge on any atom is -0.376 e. The lowest BCUT2D eigenvalue weighted by atomic mass is 9.76. The maximum Gasteiger partial charge on any atom is 0.253 e. The van der Waals surface area contributed by atoms with Gasteiger partial charge in [-0.1, -0.05) is 25.1 Å². The highest BCUT2D eigenvalue weighted by molar-refractivity contribution is 5.94. The van der Waals surface area contributed by atoms with E-state index < -0.39 is 0 Å². The first-order valence-electron chi connectivity index (χ1n) is 10.3. The summed E-state index contributed by atoms with van der Waals surface area (Å²) in [6.07, 6.45) is 6.42. The van der Waals surface area contributed by atoms with E-state index in [2.05, 4.69) is 11.8 Å². The minimum absolute atomic E-state index is 0.179. The van der Waals surface area contributed by atoms with Gasteiger partial charge in [-0.3, -0.25) is 4.79 Å². The predicted molar refractivity (Wildman–Crippen MR) is 103 cm³/mol. The lowest BCUT2D eigenvalue weighted by molar-refractivity contribution is 0.0402. The molecule has 0 aliphatic carbocycles. The normalized spacial score (nSPS) is 29.2. The third-order valence-electron chi connectivity index (χ3n) is 6.62. The first-order valence-corrected chi connectivity index (χ1v) is 10.3. The van der Waals surface area contributed by atoms with E-state index in [0.717, 1.165) is 50.6 Å². The summed E-state index contributed by atoms with van der Waals surface area (Å²) in [4.78, 5) is 17.3. The second-order valence-electron chi connectivity index (χ2n) is 8.80. The molecule has 3 aliphatic heterocycles. The van der Waals surface area contributed by atoms with Gasteiger partial charge < -0.3 is 14.5 Å². The Hall–Kier alpha value is -1.39. The number of carbonyl (C=O) groups excluding carboxylic acids is 1. The number of piperidine rings is 2. The Morgan fingerprint density at radius 1 is 1.19 bits per heavy atom. The molecule has 4 nitrogen and oxygen atoms in total. The first kappa shape index (κ1) is 18.0. The van der Waals surface area contributed by atoms with Crippen molar-refractivity contribution in [3.8, 4) is 0 Å². The number of benzene rings is 1. The molecular formula is C22H32N2O2. The maximum atomic E-state index is 12.6. The zero-order valence-corrected chi connectivity index (χ0v) is 16.0. The van der Waals surface area contributed by atoms with Gasteiger partial charge in [0.05, 0.1) is 12.7 Å². The molecule has 0 unspecified atom stereocenters. The molecule has 1 amide bonds. The first-order chi connectivity index (χ1) is 12.6. The van der Waals surface area contributed by atoms with E-state index in [0.29, 0.717) is 11.5 Å². The van der Waals surface area contributed by atoms with Crippen LogP contribution in [0, 0.1) is 11.3 Å². The molecule has 3 fully saturated rings. The Balaban J connectivity index is 1.28. The van der Waals surface area contributed by atoms with Crippen molar-refractivity contribution in [2.75, 3.05) is 39.3 Å². The molecule has 3 saturated heterocycles. The van der Waals surface area contributed by atoms with Gasteiger partial charge in [-0.2, -0.15) is 0 Å². The largest absolute Gasteiger partial charge is 0.376 e. The van der Waals surface area contributed by atoms with Crippen LogP contribution in [0.4, 0.5) is 0 Å². The molecule has 3 aliphatic rings. The van der Waals surface area contributed by atoms with E-state index >= 15 is 0 Å². The molecule has 3 heterocycles. The predicted octanol–water partition coefficient (Wildman–Crippen LogP) is 3.43. The van der Waals surface area contributed by atoms with Crippen LogP contribution in [0.2, 0.25) is 0 Å². The van der Waals surface area contributed by atoms with Gasteiger partial charge in [0.1, 0.15) is 0 Å². The third-order valence-corrected chi connectivity index (χ3v) is 6.62. The number of ether oxygens (including phenoxy) is 1. The number of hydrogen-bond acceptors (Lipinski definition) is 3. The summed E-state index contributed by atoms with van der Waals surface area (Å²) in [5.41, 5.74) is 1.11. The molecule has 2 atom stereocenters. The summed E-state index contributed by atoms with van der Waals surface area (Å²) in [6.45, 7) is 8.54. The van der Waals surface area contributed by atoms with Crippen molar-refractivity contribution in [3.63, 3.8) is 0 Å². The van der Waals surface area contributed by atoms with Crippen LogP contribution in [0.15, 0.2) is 30.3 Å². The standard InChI is InChI=1S/C22H32N2O2/c1-18-6-5-11-23(15-18)16-20-14-22(17-26-20)9-12-24(13-10-22)21(25)19-7-3-2-4-8-19/h2-4,7-8,18,20H,5-6,9-17H2,1H3/t18-,20+/m0/s1. The van der Waals surface area contributed by atoms with Gasteiger partial charge in [-0.15, -0.1) is 0 Å². The van der Waals surface area contributed by atoms with E-state index in [1.807, 2.05) is 35.2 Å². The minimum atomic E-state index is 0.179. The van der Waals surface area contributed by atoms with Crippen molar-refractivity contribution in [1.29, 1.82) is 0 Å². The maximum absolute atomic E-state index is 12.6. The van der Waals surface area contributed by atoms with Crippen molar-refractivity contribution < 1.29 is 9.53 Å². The van der Waals surface area contributed by atoms with Gasteiger partial charge in [0, 0.05) is 31.7 Å². The molecule has 1 aromatic rings. The van der Waals surface area contributed by atoms with Crippen LogP contribution < -0.4 is 0 Å². The van der Waals surface area contributed by atoms with Crippen molar-refractivity contribution in [3.05, 3.63) is 35.9 Å². The quantitative estimate of drug-likeness (QED) is 0.832. The number of rotatable bonds is 3. The van der Waals surface area contributed by atoms with E-state index in [4.69, 9.17) is 4.74 Å². The third kappa shape index (κ3) is 3.96. The molecular weight excluding hydrogens is 324 g/mol. The van der Waals surface area contributed by atoms with Crippen LogP contribution >= 0.6 is 0 Å². The van der Waals surface area contributed by atoms with Crippen molar-refractivity contribution in [2.45, 2.75) is 45.1 Å². The molecule has 0 N–H and O–H groups in total.